The normalized spacial score (nSPS) is 12.0. The van der Waals surface area contributed by atoms with Gasteiger partial charge < -0.3 is 15.5 Å². The van der Waals surface area contributed by atoms with Crippen molar-refractivity contribution in [3.8, 4) is 0 Å². The second kappa shape index (κ2) is 7.74. The molecule has 3 rings (SSSR count). The number of hydrogen-bond acceptors (Lipinski definition) is 6. The lowest BCUT2D eigenvalue weighted by molar-refractivity contribution is -0.121. The highest BCUT2D eigenvalue weighted by molar-refractivity contribution is 7.15. The molecule has 2 aromatic heterocycles. The molecule has 0 aliphatic carbocycles. The standard InChI is InChI=1S/C17H18N4O2S/c18-17-21-20-16(24-17)11-19-15(22)10-13(14-7-4-8-23-14)9-12-5-2-1-3-6-12/h1-8,13H,9-11H2,(H2,18,21)(H,19,22)/t13-/m0/s1. The van der Waals surface area contributed by atoms with Crippen LogP contribution in [0.3, 0.4) is 0 Å². The van der Waals surface area contributed by atoms with Gasteiger partial charge in [-0.1, -0.05) is 41.7 Å². The molecular weight excluding hydrogens is 324 g/mol. The van der Waals surface area contributed by atoms with Crippen LogP contribution in [0.4, 0.5) is 5.13 Å². The van der Waals surface area contributed by atoms with Gasteiger partial charge in [-0.2, -0.15) is 0 Å². The van der Waals surface area contributed by atoms with Gasteiger partial charge in [0.2, 0.25) is 11.0 Å². The Hall–Kier alpha value is -2.67. The first kappa shape index (κ1) is 16.2. The second-order valence-corrected chi connectivity index (χ2v) is 6.51. The van der Waals surface area contributed by atoms with Crippen LogP contribution in [0.15, 0.2) is 53.1 Å². The van der Waals surface area contributed by atoms with Crippen molar-refractivity contribution in [2.45, 2.75) is 25.3 Å². The number of nitrogen functional groups attached to an aromatic ring is 1. The van der Waals surface area contributed by atoms with Crippen molar-refractivity contribution >= 4 is 22.4 Å². The van der Waals surface area contributed by atoms with Crippen molar-refractivity contribution in [2.75, 3.05) is 5.73 Å². The Morgan fingerprint density at radius 2 is 2.04 bits per heavy atom. The highest BCUT2D eigenvalue weighted by Gasteiger charge is 2.19. The van der Waals surface area contributed by atoms with Gasteiger partial charge in [-0.3, -0.25) is 4.79 Å². The highest BCUT2D eigenvalue weighted by atomic mass is 32.1. The average molecular weight is 342 g/mol. The van der Waals surface area contributed by atoms with E-state index in [2.05, 4.69) is 27.6 Å². The van der Waals surface area contributed by atoms with E-state index in [-0.39, 0.29) is 11.8 Å². The van der Waals surface area contributed by atoms with Gasteiger partial charge in [0.15, 0.2) is 0 Å². The Morgan fingerprint density at radius 1 is 1.21 bits per heavy atom. The van der Waals surface area contributed by atoms with E-state index in [9.17, 15) is 4.79 Å². The van der Waals surface area contributed by atoms with E-state index in [1.165, 1.54) is 16.9 Å². The van der Waals surface area contributed by atoms with E-state index in [1.807, 2.05) is 30.3 Å². The molecule has 0 fully saturated rings. The lowest BCUT2D eigenvalue weighted by atomic mass is 9.93. The minimum Gasteiger partial charge on any atom is -0.469 e. The number of furan rings is 1. The summed E-state index contributed by atoms with van der Waals surface area (Å²) in [6, 6.07) is 13.8. The van der Waals surface area contributed by atoms with Crippen molar-refractivity contribution in [3.05, 3.63) is 65.1 Å². The van der Waals surface area contributed by atoms with Gasteiger partial charge in [0.05, 0.1) is 12.8 Å². The van der Waals surface area contributed by atoms with E-state index >= 15 is 0 Å². The van der Waals surface area contributed by atoms with Gasteiger partial charge in [-0.05, 0) is 24.1 Å². The minimum atomic E-state index is -0.0545. The van der Waals surface area contributed by atoms with Crippen LogP contribution in [-0.2, 0) is 17.8 Å². The van der Waals surface area contributed by atoms with Crippen LogP contribution in [0.5, 0.6) is 0 Å². The van der Waals surface area contributed by atoms with Crippen LogP contribution in [0.2, 0.25) is 0 Å². The number of rotatable bonds is 7. The molecule has 1 aromatic carbocycles. The van der Waals surface area contributed by atoms with Crippen molar-refractivity contribution in [1.82, 2.24) is 15.5 Å². The van der Waals surface area contributed by atoms with Gasteiger partial charge in [-0.25, -0.2) is 0 Å². The van der Waals surface area contributed by atoms with Gasteiger partial charge in [0.25, 0.3) is 0 Å². The molecule has 1 amide bonds. The number of hydrogen-bond donors (Lipinski definition) is 2. The molecule has 6 nitrogen and oxygen atoms in total. The predicted octanol–water partition coefficient (Wildman–Crippen LogP) is 2.75. The number of benzene rings is 1. The van der Waals surface area contributed by atoms with Gasteiger partial charge in [0, 0.05) is 12.3 Å². The Kier molecular flexibility index (Phi) is 5.22. The number of carbonyl (C=O) groups is 1. The number of nitrogens with one attached hydrogen (secondary N) is 1. The third-order valence-electron chi connectivity index (χ3n) is 3.62. The maximum Gasteiger partial charge on any atom is 0.221 e. The fraction of sp³-hybridized carbons (Fsp3) is 0.235. The van der Waals surface area contributed by atoms with Crippen molar-refractivity contribution in [1.29, 1.82) is 0 Å². The molecule has 0 bridgehead atoms. The van der Waals surface area contributed by atoms with E-state index in [4.69, 9.17) is 10.2 Å². The average Bonchev–Trinajstić information content (AvgIpc) is 3.25. The lowest BCUT2D eigenvalue weighted by Crippen LogP contribution is -2.25. The van der Waals surface area contributed by atoms with Crippen LogP contribution in [0.1, 0.15) is 28.7 Å². The topological polar surface area (TPSA) is 94.0 Å². The van der Waals surface area contributed by atoms with E-state index in [0.29, 0.717) is 23.1 Å². The number of aromatic nitrogens is 2. The van der Waals surface area contributed by atoms with Crippen LogP contribution < -0.4 is 11.1 Å². The van der Waals surface area contributed by atoms with E-state index in [0.717, 1.165) is 12.2 Å². The first-order chi connectivity index (χ1) is 11.7. The molecule has 3 aromatic rings. The molecule has 1 atom stereocenters. The van der Waals surface area contributed by atoms with Crippen LogP contribution in [0, 0.1) is 0 Å². The first-order valence-corrected chi connectivity index (χ1v) is 8.44. The summed E-state index contributed by atoms with van der Waals surface area (Å²) >= 11 is 1.27. The molecule has 0 saturated heterocycles. The highest BCUT2D eigenvalue weighted by Crippen LogP contribution is 2.25. The zero-order valence-electron chi connectivity index (χ0n) is 13.0. The SMILES string of the molecule is Nc1nnc(CNC(=O)C[C@H](Cc2ccccc2)c2ccco2)s1. The van der Waals surface area contributed by atoms with Crippen molar-refractivity contribution in [2.24, 2.45) is 0 Å². The fourth-order valence-corrected chi connectivity index (χ4v) is 3.05. The molecule has 124 valence electrons. The van der Waals surface area contributed by atoms with Gasteiger partial charge in [0.1, 0.15) is 10.8 Å². The van der Waals surface area contributed by atoms with E-state index < -0.39 is 0 Å². The van der Waals surface area contributed by atoms with Crippen LogP contribution >= 0.6 is 11.3 Å². The molecule has 2 heterocycles. The Morgan fingerprint density at radius 3 is 2.71 bits per heavy atom. The third-order valence-corrected chi connectivity index (χ3v) is 4.37. The third kappa shape index (κ3) is 4.42. The Labute approximate surface area is 143 Å². The second-order valence-electron chi connectivity index (χ2n) is 5.42. The molecular formula is C17H18N4O2S. The summed E-state index contributed by atoms with van der Waals surface area (Å²) in [5, 5.41) is 11.6. The maximum atomic E-state index is 12.3. The largest absolute Gasteiger partial charge is 0.469 e. The van der Waals surface area contributed by atoms with Crippen molar-refractivity contribution in [3.63, 3.8) is 0 Å². The zero-order chi connectivity index (χ0) is 16.8. The number of nitrogens with zero attached hydrogens (tertiary/aromatic N) is 2. The molecule has 0 spiro atoms. The smallest absolute Gasteiger partial charge is 0.221 e. The monoisotopic (exact) mass is 342 g/mol. The molecule has 0 unspecified atom stereocenters. The predicted molar refractivity (Wildman–Crippen MR) is 92.4 cm³/mol. The molecule has 0 aliphatic rings. The summed E-state index contributed by atoms with van der Waals surface area (Å²) in [6.45, 7) is 0.337. The molecule has 24 heavy (non-hydrogen) atoms. The summed E-state index contributed by atoms with van der Waals surface area (Å²) in [6.07, 6.45) is 2.72. The molecule has 0 radical (unpaired) electrons. The van der Waals surface area contributed by atoms with E-state index in [1.54, 1.807) is 6.26 Å². The van der Waals surface area contributed by atoms with Gasteiger partial charge in [-0.15, -0.1) is 10.2 Å². The first-order valence-electron chi connectivity index (χ1n) is 7.62. The van der Waals surface area contributed by atoms with Crippen LogP contribution in [0.25, 0.3) is 0 Å². The summed E-state index contributed by atoms with van der Waals surface area (Å²) in [5.74, 6) is 0.747. The summed E-state index contributed by atoms with van der Waals surface area (Å²) < 4.78 is 5.52. The number of amides is 1. The zero-order valence-corrected chi connectivity index (χ0v) is 13.8. The summed E-state index contributed by atoms with van der Waals surface area (Å²) in [7, 11) is 0. The summed E-state index contributed by atoms with van der Waals surface area (Å²) in [4.78, 5) is 12.3. The molecule has 0 aliphatic heterocycles. The molecule has 3 N–H and O–H groups in total. The Bertz CT molecular complexity index is 771. The van der Waals surface area contributed by atoms with Gasteiger partial charge >= 0.3 is 0 Å². The lowest BCUT2D eigenvalue weighted by Gasteiger charge is -2.14. The van der Waals surface area contributed by atoms with Crippen molar-refractivity contribution < 1.29 is 9.21 Å². The fourth-order valence-electron chi connectivity index (χ4n) is 2.50. The quantitative estimate of drug-likeness (QED) is 0.688. The minimum absolute atomic E-state index is 0.0121. The number of anilines is 1. The summed E-state index contributed by atoms with van der Waals surface area (Å²) in [5.41, 5.74) is 6.71. The molecule has 0 saturated carbocycles. The molecule has 7 heteroatoms. The number of carbonyl (C=O) groups excluding carboxylic acids is 1. The van der Waals surface area contributed by atoms with Crippen LogP contribution in [-0.4, -0.2) is 16.1 Å². The number of nitrogens with two attached hydrogens (primary N) is 1. The maximum absolute atomic E-state index is 12.3. The Balaban J connectivity index is 1.62.